The molecule has 0 aromatic carbocycles. The molecule has 19 heavy (non-hydrogen) atoms. The van der Waals surface area contributed by atoms with Crippen molar-refractivity contribution in [3.63, 3.8) is 0 Å². The maximum atomic E-state index is 11.8. The van der Waals surface area contributed by atoms with E-state index < -0.39 is 0 Å². The lowest BCUT2D eigenvalue weighted by Crippen LogP contribution is -2.24. The molecule has 0 bridgehead atoms. The number of aromatic nitrogens is 1. The van der Waals surface area contributed by atoms with Crippen molar-refractivity contribution in [2.75, 3.05) is 20.3 Å². The van der Waals surface area contributed by atoms with Gasteiger partial charge in [-0.1, -0.05) is 5.16 Å². The molecule has 0 fully saturated rings. The van der Waals surface area contributed by atoms with E-state index in [9.17, 15) is 4.79 Å². The highest BCUT2D eigenvalue weighted by Gasteiger charge is 2.14. The molecule has 0 spiro atoms. The molecular formula is C13H16N2O4. The van der Waals surface area contributed by atoms with Gasteiger partial charge in [-0.05, 0) is 25.0 Å². The van der Waals surface area contributed by atoms with Crippen molar-refractivity contribution >= 4 is 5.91 Å². The zero-order valence-corrected chi connectivity index (χ0v) is 10.7. The number of carbonyl (C=O) groups is 1. The summed E-state index contributed by atoms with van der Waals surface area (Å²) in [5.74, 6) is 0.736. The van der Waals surface area contributed by atoms with Crippen LogP contribution in [0.15, 0.2) is 33.4 Å². The van der Waals surface area contributed by atoms with Crippen LogP contribution in [0.3, 0.4) is 0 Å². The highest BCUT2D eigenvalue weighted by atomic mass is 16.5. The smallest absolute Gasteiger partial charge is 0.273 e. The third kappa shape index (κ3) is 3.69. The Morgan fingerprint density at radius 3 is 3.05 bits per heavy atom. The molecule has 0 unspecified atom stereocenters. The van der Waals surface area contributed by atoms with E-state index in [1.165, 1.54) is 6.26 Å². The molecule has 0 saturated heterocycles. The zero-order chi connectivity index (χ0) is 13.5. The van der Waals surface area contributed by atoms with Crippen LogP contribution in [0.1, 0.15) is 23.3 Å². The fourth-order valence-electron chi connectivity index (χ4n) is 1.58. The van der Waals surface area contributed by atoms with Gasteiger partial charge >= 0.3 is 0 Å². The molecule has 0 aliphatic carbocycles. The van der Waals surface area contributed by atoms with Gasteiger partial charge in [0, 0.05) is 26.3 Å². The SMILES string of the molecule is COCCCCNC(=O)c1cc(-c2ccco2)on1. The van der Waals surface area contributed by atoms with Crippen molar-refractivity contribution in [2.45, 2.75) is 12.8 Å². The molecule has 6 heteroatoms. The van der Waals surface area contributed by atoms with E-state index in [-0.39, 0.29) is 11.6 Å². The Balaban J connectivity index is 1.83. The largest absolute Gasteiger partial charge is 0.461 e. The van der Waals surface area contributed by atoms with Crippen molar-refractivity contribution in [3.8, 4) is 11.5 Å². The maximum absolute atomic E-state index is 11.8. The summed E-state index contributed by atoms with van der Waals surface area (Å²) in [5, 5.41) is 6.48. The van der Waals surface area contributed by atoms with E-state index in [4.69, 9.17) is 13.7 Å². The number of nitrogens with one attached hydrogen (secondary N) is 1. The number of rotatable bonds is 7. The van der Waals surface area contributed by atoms with E-state index >= 15 is 0 Å². The predicted octanol–water partition coefficient (Wildman–Crippen LogP) is 2.09. The van der Waals surface area contributed by atoms with Crippen LogP contribution < -0.4 is 5.32 Å². The Kier molecular flexibility index (Phi) is 4.74. The minimum absolute atomic E-state index is 0.248. The first-order chi connectivity index (χ1) is 9.31. The number of amides is 1. The van der Waals surface area contributed by atoms with Crippen LogP contribution in [0.4, 0.5) is 0 Å². The van der Waals surface area contributed by atoms with E-state index in [0.29, 0.717) is 24.7 Å². The van der Waals surface area contributed by atoms with Crippen molar-refractivity contribution in [1.29, 1.82) is 0 Å². The van der Waals surface area contributed by atoms with Crippen LogP contribution in [0, 0.1) is 0 Å². The van der Waals surface area contributed by atoms with Gasteiger partial charge in [0.15, 0.2) is 11.5 Å². The average Bonchev–Trinajstić information content (AvgIpc) is 3.08. The minimum Gasteiger partial charge on any atom is -0.461 e. The fraction of sp³-hybridized carbons (Fsp3) is 0.385. The molecule has 0 atom stereocenters. The normalized spacial score (nSPS) is 10.6. The van der Waals surface area contributed by atoms with Crippen molar-refractivity contribution in [3.05, 3.63) is 30.2 Å². The summed E-state index contributed by atoms with van der Waals surface area (Å²) in [6.45, 7) is 1.29. The second kappa shape index (κ2) is 6.75. The summed E-state index contributed by atoms with van der Waals surface area (Å²) >= 11 is 0. The summed E-state index contributed by atoms with van der Waals surface area (Å²) in [4.78, 5) is 11.8. The van der Waals surface area contributed by atoms with Gasteiger partial charge in [-0.25, -0.2) is 0 Å². The number of hydrogen-bond donors (Lipinski definition) is 1. The van der Waals surface area contributed by atoms with E-state index in [1.54, 1.807) is 25.3 Å². The standard InChI is InChI=1S/C13H16N2O4/c1-17-7-3-2-6-14-13(16)10-9-12(19-15-10)11-5-4-8-18-11/h4-5,8-9H,2-3,6-7H2,1H3,(H,14,16). The Hall–Kier alpha value is -2.08. The van der Waals surface area contributed by atoms with E-state index in [1.807, 2.05) is 0 Å². The second-order valence-corrected chi connectivity index (χ2v) is 4.01. The molecule has 0 aliphatic rings. The summed E-state index contributed by atoms with van der Waals surface area (Å²) < 4.78 is 15.1. The Labute approximate surface area is 110 Å². The van der Waals surface area contributed by atoms with Gasteiger partial charge in [-0.2, -0.15) is 0 Å². The number of ether oxygens (including phenoxy) is 1. The highest BCUT2D eigenvalue weighted by Crippen LogP contribution is 2.20. The molecule has 1 amide bonds. The summed E-state index contributed by atoms with van der Waals surface area (Å²) in [6, 6.07) is 5.05. The number of carbonyl (C=O) groups excluding carboxylic acids is 1. The van der Waals surface area contributed by atoms with E-state index in [2.05, 4.69) is 10.5 Å². The molecular weight excluding hydrogens is 248 g/mol. The zero-order valence-electron chi connectivity index (χ0n) is 10.7. The first-order valence-electron chi connectivity index (χ1n) is 6.09. The molecule has 6 nitrogen and oxygen atoms in total. The number of unbranched alkanes of at least 4 members (excludes halogenated alkanes) is 1. The number of nitrogens with zero attached hydrogens (tertiary/aromatic N) is 1. The molecule has 0 aliphatic heterocycles. The molecule has 2 heterocycles. The van der Waals surface area contributed by atoms with Crippen LogP contribution in [-0.2, 0) is 4.74 Å². The summed E-state index contributed by atoms with van der Waals surface area (Å²) in [5.41, 5.74) is 0.248. The molecule has 0 saturated carbocycles. The maximum Gasteiger partial charge on any atom is 0.273 e. The number of furan rings is 1. The number of methoxy groups -OCH3 is 1. The lowest BCUT2D eigenvalue weighted by atomic mass is 10.3. The van der Waals surface area contributed by atoms with Crippen molar-refractivity contribution in [2.24, 2.45) is 0 Å². The van der Waals surface area contributed by atoms with Crippen molar-refractivity contribution in [1.82, 2.24) is 10.5 Å². The average molecular weight is 264 g/mol. The van der Waals surface area contributed by atoms with Crippen LogP contribution in [0.25, 0.3) is 11.5 Å². The van der Waals surface area contributed by atoms with Gasteiger partial charge in [-0.15, -0.1) is 0 Å². The Bertz CT molecular complexity index is 504. The van der Waals surface area contributed by atoms with Gasteiger partial charge in [-0.3, -0.25) is 4.79 Å². The van der Waals surface area contributed by atoms with Crippen LogP contribution in [-0.4, -0.2) is 31.3 Å². The van der Waals surface area contributed by atoms with Gasteiger partial charge in [0.2, 0.25) is 5.76 Å². The topological polar surface area (TPSA) is 77.5 Å². The third-order valence-electron chi connectivity index (χ3n) is 2.57. The summed E-state index contributed by atoms with van der Waals surface area (Å²) in [7, 11) is 1.66. The quantitative estimate of drug-likeness (QED) is 0.775. The molecule has 1 N–H and O–H groups in total. The first-order valence-corrected chi connectivity index (χ1v) is 6.09. The molecule has 2 aromatic rings. The van der Waals surface area contributed by atoms with Gasteiger partial charge in [0.1, 0.15) is 0 Å². The first kappa shape index (κ1) is 13.4. The Morgan fingerprint density at radius 1 is 1.42 bits per heavy atom. The van der Waals surface area contributed by atoms with Crippen LogP contribution in [0.5, 0.6) is 0 Å². The lowest BCUT2D eigenvalue weighted by Gasteiger charge is -2.01. The van der Waals surface area contributed by atoms with Crippen molar-refractivity contribution < 1.29 is 18.5 Å². The molecule has 102 valence electrons. The minimum atomic E-state index is -0.251. The Morgan fingerprint density at radius 2 is 2.32 bits per heavy atom. The van der Waals surface area contributed by atoms with Crippen LogP contribution >= 0.6 is 0 Å². The molecule has 2 rings (SSSR count). The third-order valence-corrected chi connectivity index (χ3v) is 2.57. The summed E-state index contributed by atoms with van der Waals surface area (Å²) in [6.07, 6.45) is 3.31. The van der Waals surface area contributed by atoms with E-state index in [0.717, 1.165) is 12.8 Å². The monoisotopic (exact) mass is 264 g/mol. The van der Waals surface area contributed by atoms with Crippen LogP contribution in [0.2, 0.25) is 0 Å². The second-order valence-electron chi connectivity index (χ2n) is 4.01. The van der Waals surface area contributed by atoms with Gasteiger partial charge < -0.3 is 19.0 Å². The van der Waals surface area contributed by atoms with Gasteiger partial charge in [0.25, 0.3) is 5.91 Å². The number of hydrogen-bond acceptors (Lipinski definition) is 5. The highest BCUT2D eigenvalue weighted by molar-refractivity contribution is 5.92. The fourth-order valence-corrected chi connectivity index (χ4v) is 1.58. The lowest BCUT2D eigenvalue weighted by molar-refractivity contribution is 0.0942. The molecule has 2 aromatic heterocycles. The predicted molar refractivity (Wildman–Crippen MR) is 67.6 cm³/mol. The molecule has 0 radical (unpaired) electrons. The van der Waals surface area contributed by atoms with Gasteiger partial charge in [0.05, 0.1) is 6.26 Å².